The first-order valence-corrected chi connectivity index (χ1v) is 6.37. The van der Waals surface area contributed by atoms with Crippen LogP contribution in [0.1, 0.15) is 27.6 Å². The SMILES string of the molecule is CC(=O)c1ccc(Sc2ncccc2C(=O)O)cc1. The van der Waals surface area contributed by atoms with Crippen molar-refractivity contribution in [1.82, 2.24) is 4.98 Å². The van der Waals surface area contributed by atoms with Gasteiger partial charge in [0.15, 0.2) is 5.78 Å². The van der Waals surface area contributed by atoms with E-state index in [9.17, 15) is 9.59 Å². The number of nitrogens with zero attached hydrogens (tertiary/aromatic N) is 1. The molecule has 19 heavy (non-hydrogen) atoms. The van der Waals surface area contributed by atoms with Crippen LogP contribution in [0.2, 0.25) is 0 Å². The van der Waals surface area contributed by atoms with Gasteiger partial charge in [0.05, 0.1) is 5.56 Å². The van der Waals surface area contributed by atoms with Crippen LogP contribution < -0.4 is 0 Å². The maximum atomic E-state index is 11.2. The third kappa shape index (κ3) is 3.20. The summed E-state index contributed by atoms with van der Waals surface area (Å²) in [5.41, 5.74) is 0.798. The van der Waals surface area contributed by atoms with E-state index in [0.717, 1.165) is 4.90 Å². The number of hydrogen-bond donors (Lipinski definition) is 1. The number of carbonyl (C=O) groups is 2. The van der Waals surface area contributed by atoms with Gasteiger partial charge in [-0.15, -0.1) is 0 Å². The second-order valence-electron chi connectivity index (χ2n) is 3.84. The molecule has 1 aromatic heterocycles. The van der Waals surface area contributed by atoms with Crippen LogP contribution in [0.5, 0.6) is 0 Å². The van der Waals surface area contributed by atoms with Crippen LogP contribution in [-0.4, -0.2) is 21.8 Å². The van der Waals surface area contributed by atoms with E-state index in [1.54, 1.807) is 36.5 Å². The predicted molar refractivity (Wildman–Crippen MR) is 71.8 cm³/mol. The highest BCUT2D eigenvalue weighted by molar-refractivity contribution is 7.99. The fraction of sp³-hybridized carbons (Fsp3) is 0.0714. The first-order chi connectivity index (χ1) is 9.08. The molecule has 0 aliphatic heterocycles. The number of pyridine rings is 1. The molecule has 0 saturated heterocycles. The molecule has 0 saturated carbocycles. The lowest BCUT2D eigenvalue weighted by Gasteiger charge is -2.04. The van der Waals surface area contributed by atoms with Crippen molar-refractivity contribution in [3.63, 3.8) is 0 Å². The van der Waals surface area contributed by atoms with E-state index in [2.05, 4.69) is 4.98 Å². The second-order valence-corrected chi connectivity index (χ2v) is 4.91. The monoisotopic (exact) mass is 273 g/mol. The molecular formula is C14H11NO3S. The maximum absolute atomic E-state index is 11.2. The lowest BCUT2D eigenvalue weighted by molar-refractivity contribution is 0.0692. The number of rotatable bonds is 4. The minimum Gasteiger partial charge on any atom is -0.478 e. The van der Waals surface area contributed by atoms with Crippen molar-refractivity contribution >= 4 is 23.5 Å². The highest BCUT2D eigenvalue weighted by Gasteiger charge is 2.11. The quantitative estimate of drug-likeness (QED) is 0.867. The van der Waals surface area contributed by atoms with Crippen LogP contribution >= 0.6 is 11.8 Å². The molecule has 0 radical (unpaired) electrons. The van der Waals surface area contributed by atoms with Crippen LogP contribution in [0.3, 0.4) is 0 Å². The minimum atomic E-state index is -1.00. The fourth-order valence-corrected chi connectivity index (χ4v) is 2.38. The maximum Gasteiger partial charge on any atom is 0.338 e. The molecule has 0 fully saturated rings. The average molecular weight is 273 g/mol. The van der Waals surface area contributed by atoms with Gasteiger partial charge in [-0.05, 0) is 31.2 Å². The van der Waals surface area contributed by atoms with Crippen molar-refractivity contribution in [3.05, 3.63) is 53.7 Å². The van der Waals surface area contributed by atoms with Gasteiger partial charge in [0.2, 0.25) is 0 Å². The van der Waals surface area contributed by atoms with Crippen LogP contribution in [0.15, 0.2) is 52.5 Å². The molecule has 2 aromatic rings. The molecule has 2 rings (SSSR count). The molecular weight excluding hydrogens is 262 g/mol. The summed E-state index contributed by atoms with van der Waals surface area (Å²) >= 11 is 1.26. The van der Waals surface area contributed by atoms with Gasteiger partial charge in [-0.2, -0.15) is 0 Å². The zero-order valence-corrected chi connectivity index (χ0v) is 11.0. The molecule has 1 N–H and O–H groups in total. The van der Waals surface area contributed by atoms with Crippen molar-refractivity contribution in [2.45, 2.75) is 16.8 Å². The van der Waals surface area contributed by atoms with Crippen LogP contribution in [-0.2, 0) is 0 Å². The number of Topliss-reactive ketones (excluding diaryl/α,β-unsaturated/α-hetero) is 1. The number of benzene rings is 1. The van der Waals surface area contributed by atoms with E-state index in [4.69, 9.17) is 5.11 Å². The summed E-state index contributed by atoms with van der Waals surface area (Å²) in [7, 11) is 0. The first-order valence-electron chi connectivity index (χ1n) is 5.55. The topological polar surface area (TPSA) is 67.3 Å². The van der Waals surface area contributed by atoms with Crippen molar-refractivity contribution < 1.29 is 14.7 Å². The normalized spacial score (nSPS) is 10.2. The van der Waals surface area contributed by atoms with Crippen LogP contribution in [0.25, 0.3) is 0 Å². The predicted octanol–water partition coefficient (Wildman–Crippen LogP) is 3.13. The molecule has 4 nitrogen and oxygen atoms in total. The Hall–Kier alpha value is -2.14. The van der Waals surface area contributed by atoms with E-state index >= 15 is 0 Å². The third-order valence-corrected chi connectivity index (χ3v) is 3.50. The summed E-state index contributed by atoms with van der Waals surface area (Å²) in [5.74, 6) is -1.00. The van der Waals surface area contributed by atoms with Gasteiger partial charge in [0.1, 0.15) is 5.03 Å². The summed E-state index contributed by atoms with van der Waals surface area (Å²) in [6, 6.07) is 10.1. The summed E-state index contributed by atoms with van der Waals surface area (Å²) < 4.78 is 0. The highest BCUT2D eigenvalue weighted by Crippen LogP contribution is 2.28. The molecule has 5 heteroatoms. The molecule has 0 aliphatic carbocycles. The Kier molecular flexibility index (Phi) is 3.97. The van der Waals surface area contributed by atoms with Crippen molar-refractivity contribution in [2.24, 2.45) is 0 Å². The van der Waals surface area contributed by atoms with E-state index in [0.29, 0.717) is 10.6 Å². The van der Waals surface area contributed by atoms with Gasteiger partial charge in [0.25, 0.3) is 0 Å². The van der Waals surface area contributed by atoms with E-state index < -0.39 is 5.97 Å². The molecule has 0 amide bonds. The zero-order chi connectivity index (χ0) is 13.8. The van der Waals surface area contributed by atoms with E-state index in [1.165, 1.54) is 24.8 Å². The molecule has 96 valence electrons. The van der Waals surface area contributed by atoms with E-state index in [1.807, 2.05) is 0 Å². The number of carboxylic acids is 1. The standard InChI is InChI=1S/C14H11NO3S/c1-9(16)10-4-6-11(7-5-10)19-13-12(14(17)18)3-2-8-15-13/h2-8H,1H3,(H,17,18). The Balaban J connectivity index is 2.26. The zero-order valence-electron chi connectivity index (χ0n) is 10.2. The lowest BCUT2D eigenvalue weighted by atomic mass is 10.2. The van der Waals surface area contributed by atoms with Crippen molar-refractivity contribution in [3.8, 4) is 0 Å². The Morgan fingerprint density at radius 2 is 1.84 bits per heavy atom. The number of hydrogen-bond acceptors (Lipinski definition) is 4. The Morgan fingerprint density at radius 1 is 1.16 bits per heavy atom. The third-order valence-electron chi connectivity index (χ3n) is 2.48. The number of carbonyl (C=O) groups excluding carboxylic acids is 1. The smallest absolute Gasteiger partial charge is 0.338 e. The van der Waals surface area contributed by atoms with E-state index in [-0.39, 0.29) is 11.3 Å². The molecule has 0 bridgehead atoms. The Labute approximate surface area is 114 Å². The van der Waals surface area contributed by atoms with Crippen molar-refractivity contribution in [2.75, 3.05) is 0 Å². The molecule has 0 aliphatic rings. The van der Waals surface area contributed by atoms with Gasteiger partial charge in [-0.1, -0.05) is 23.9 Å². The summed E-state index contributed by atoms with van der Waals surface area (Å²) in [5, 5.41) is 9.50. The number of ketones is 1. The summed E-state index contributed by atoms with van der Waals surface area (Å²) in [6.07, 6.45) is 1.55. The van der Waals surface area contributed by atoms with Crippen LogP contribution in [0.4, 0.5) is 0 Å². The molecule has 0 spiro atoms. The minimum absolute atomic E-state index is 0.000566. The number of carboxylic acid groups (broad SMARTS) is 1. The lowest BCUT2D eigenvalue weighted by Crippen LogP contribution is -2.00. The van der Waals surface area contributed by atoms with Gasteiger partial charge < -0.3 is 5.11 Å². The molecule has 0 atom stereocenters. The molecule has 1 heterocycles. The highest BCUT2D eigenvalue weighted by atomic mass is 32.2. The summed E-state index contributed by atoms with van der Waals surface area (Å²) in [6.45, 7) is 1.50. The van der Waals surface area contributed by atoms with Gasteiger partial charge >= 0.3 is 5.97 Å². The number of aromatic nitrogens is 1. The second kappa shape index (κ2) is 5.67. The Morgan fingerprint density at radius 3 is 2.42 bits per heavy atom. The van der Waals surface area contributed by atoms with Crippen molar-refractivity contribution in [1.29, 1.82) is 0 Å². The largest absolute Gasteiger partial charge is 0.478 e. The molecule has 1 aromatic carbocycles. The van der Waals surface area contributed by atoms with Gasteiger partial charge in [0, 0.05) is 16.7 Å². The van der Waals surface area contributed by atoms with Crippen LogP contribution in [0, 0.1) is 0 Å². The average Bonchev–Trinajstić information content (AvgIpc) is 2.39. The van der Waals surface area contributed by atoms with Gasteiger partial charge in [-0.3, -0.25) is 4.79 Å². The first kappa shape index (κ1) is 13.3. The fourth-order valence-electron chi connectivity index (χ4n) is 1.50. The Bertz CT molecular complexity index is 623. The molecule has 0 unspecified atom stereocenters. The summed E-state index contributed by atoms with van der Waals surface area (Å²) in [4.78, 5) is 27.1. The van der Waals surface area contributed by atoms with Gasteiger partial charge in [-0.25, -0.2) is 9.78 Å². The number of aromatic carboxylic acids is 1.